The van der Waals surface area contributed by atoms with Crippen LogP contribution in [-0.4, -0.2) is 10.9 Å². The fraction of sp³-hybridized carbons (Fsp3) is 0.0400. The first-order valence-electron chi connectivity index (χ1n) is 9.89. The molecular formula is C25H17FN2O3S. The minimum Gasteiger partial charge on any atom is -0.467 e. The predicted octanol–water partition coefficient (Wildman–Crippen LogP) is 6.67. The van der Waals surface area contributed by atoms with Gasteiger partial charge in [-0.1, -0.05) is 35.6 Å². The number of nitrogens with zero attached hydrogens (tertiary/aromatic N) is 2. The molecule has 158 valence electrons. The van der Waals surface area contributed by atoms with Crippen molar-refractivity contribution in [2.75, 3.05) is 4.90 Å². The molecule has 3 aromatic carbocycles. The van der Waals surface area contributed by atoms with Gasteiger partial charge in [0.2, 0.25) is 0 Å². The van der Waals surface area contributed by atoms with Gasteiger partial charge >= 0.3 is 0 Å². The molecule has 0 radical (unpaired) electrons. The number of anilines is 1. The minimum absolute atomic E-state index is 0.192. The maximum absolute atomic E-state index is 13.7. The highest BCUT2D eigenvalue weighted by atomic mass is 32.1. The van der Waals surface area contributed by atoms with Crippen molar-refractivity contribution in [3.63, 3.8) is 0 Å². The molecule has 0 aliphatic rings. The summed E-state index contributed by atoms with van der Waals surface area (Å²) < 4.78 is 25.7. The summed E-state index contributed by atoms with van der Waals surface area (Å²) in [6.07, 6.45) is 1.56. The molecule has 1 amide bonds. The summed E-state index contributed by atoms with van der Waals surface area (Å²) in [6.45, 7) is 0.192. The Morgan fingerprint density at radius 3 is 2.62 bits per heavy atom. The second-order valence-corrected chi connectivity index (χ2v) is 8.03. The number of amides is 1. The molecule has 0 N–H and O–H groups in total. The van der Waals surface area contributed by atoms with Crippen LogP contribution in [0.1, 0.15) is 16.1 Å². The maximum Gasteiger partial charge on any atom is 0.260 e. The molecule has 5 nitrogen and oxygen atoms in total. The van der Waals surface area contributed by atoms with E-state index in [2.05, 4.69) is 4.98 Å². The number of rotatable bonds is 6. The van der Waals surface area contributed by atoms with Crippen molar-refractivity contribution in [2.45, 2.75) is 6.54 Å². The van der Waals surface area contributed by atoms with Crippen LogP contribution in [0, 0.1) is 5.82 Å². The lowest BCUT2D eigenvalue weighted by Gasteiger charge is -2.19. The fourth-order valence-electron chi connectivity index (χ4n) is 3.26. The van der Waals surface area contributed by atoms with Crippen molar-refractivity contribution in [1.29, 1.82) is 0 Å². The number of carbonyl (C=O) groups is 1. The molecule has 0 fully saturated rings. The van der Waals surface area contributed by atoms with E-state index >= 15 is 0 Å². The molecule has 32 heavy (non-hydrogen) atoms. The third-order valence-corrected chi connectivity index (χ3v) is 5.81. The number of hydrogen-bond acceptors (Lipinski definition) is 5. The Morgan fingerprint density at radius 2 is 1.81 bits per heavy atom. The van der Waals surface area contributed by atoms with Crippen LogP contribution in [0.3, 0.4) is 0 Å². The minimum atomic E-state index is -0.345. The number of ether oxygens (including phenoxy) is 1. The fourth-order valence-corrected chi connectivity index (χ4v) is 4.25. The Bertz CT molecular complexity index is 1370. The molecule has 7 heteroatoms. The van der Waals surface area contributed by atoms with Gasteiger partial charge in [-0.25, -0.2) is 9.37 Å². The topological polar surface area (TPSA) is 55.6 Å². The van der Waals surface area contributed by atoms with Crippen molar-refractivity contribution in [1.82, 2.24) is 4.98 Å². The van der Waals surface area contributed by atoms with Gasteiger partial charge < -0.3 is 9.15 Å². The molecule has 0 bridgehead atoms. The molecule has 0 spiro atoms. The second-order valence-electron chi connectivity index (χ2n) is 7.02. The summed E-state index contributed by atoms with van der Waals surface area (Å²) in [5.74, 6) is 1.23. The lowest BCUT2D eigenvalue weighted by atomic mass is 10.2. The van der Waals surface area contributed by atoms with E-state index in [-0.39, 0.29) is 18.3 Å². The number of aromatic nitrogens is 1. The van der Waals surface area contributed by atoms with Gasteiger partial charge in [-0.3, -0.25) is 9.69 Å². The zero-order chi connectivity index (χ0) is 21.9. The molecule has 5 rings (SSSR count). The van der Waals surface area contributed by atoms with Crippen molar-refractivity contribution in [3.8, 4) is 11.5 Å². The molecule has 2 heterocycles. The van der Waals surface area contributed by atoms with Crippen molar-refractivity contribution < 1.29 is 18.3 Å². The Balaban J connectivity index is 1.49. The number of carbonyl (C=O) groups excluding carboxylic acids is 1. The van der Waals surface area contributed by atoms with E-state index in [0.29, 0.717) is 38.2 Å². The largest absolute Gasteiger partial charge is 0.467 e. The van der Waals surface area contributed by atoms with Crippen LogP contribution in [0.4, 0.5) is 9.52 Å². The quantitative estimate of drug-likeness (QED) is 0.294. The van der Waals surface area contributed by atoms with Gasteiger partial charge in [0.05, 0.1) is 23.0 Å². The van der Waals surface area contributed by atoms with Crippen molar-refractivity contribution in [2.24, 2.45) is 0 Å². The Hall–Kier alpha value is -3.97. The van der Waals surface area contributed by atoms with Gasteiger partial charge in [0, 0.05) is 5.56 Å². The van der Waals surface area contributed by atoms with Gasteiger partial charge in [0.25, 0.3) is 5.91 Å². The normalized spacial score (nSPS) is 10.9. The summed E-state index contributed by atoms with van der Waals surface area (Å²) in [5, 5.41) is 0.460. The average Bonchev–Trinajstić information content (AvgIpc) is 3.47. The second kappa shape index (κ2) is 8.64. The monoisotopic (exact) mass is 444 g/mol. The number of furan rings is 1. The van der Waals surface area contributed by atoms with Gasteiger partial charge in [0.15, 0.2) is 5.13 Å². The smallest absolute Gasteiger partial charge is 0.260 e. The summed E-state index contributed by atoms with van der Waals surface area (Å²) in [6, 6.07) is 24.3. The predicted molar refractivity (Wildman–Crippen MR) is 122 cm³/mol. The number of benzene rings is 3. The molecule has 0 unspecified atom stereocenters. The number of halogens is 1. The van der Waals surface area contributed by atoms with E-state index in [0.717, 1.165) is 0 Å². The van der Waals surface area contributed by atoms with E-state index < -0.39 is 0 Å². The van der Waals surface area contributed by atoms with Gasteiger partial charge in [-0.15, -0.1) is 0 Å². The highest BCUT2D eigenvalue weighted by molar-refractivity contribution is 7.22. The first-order valence-corrected chi connectivity index (χ1v) is 10.7. The SMILES string of the molecule is O=C(c1cccc(Oc2ccccc2)c1)N(Cc1ccco1)c1nc2ccc(F)cc2s1. The van der Waals surface area contributed by atoms with Gasteiger partial charge in [0.1, 0.15) is 23.1 Å². The average molecular weight is 444 g/mol. The zero-order valence-corrected chi connectivity index (χ0v) is 17.6. The third-order valence-electron chi connectivity index (χ3n) is 4.77. The lowest BCUT2D eigenvalue weighted by molar-refractivity contribution is 0.0983. The van der Waals surface area contributed by atoms with Gasteiger partial charge in [-0.2, -0.15) is 0 Å². The molecule has 0 aliphatic heterocycles. The first-order chi connectivity index (χ1) is 15.7. The van der Waals surface area contributed by atoms with E-state index in [4.69, 9.17) is 9.15 Å². The summed E-state index contributed by atoms with van der Waals surface area (Å²) >= 11 is 1.25. The zero-order valence-electron chi connectivity index (χ0n) is 16.8. The van der Waals surface area contributed by atoms with Crippen LogP contribution < -0.4 is 9.64 Å². The molecular weight excluding hydrogens is 427 g/mol. The maximum atomic E-state index is 13.7. The van der Waals surface area contributed by atoms with Crippen LogP contribution in [0.25, 0.3) is 10.2 Å². The first kappa shape index (κ1) is 20.0. The van der Waals surface area contributed by atoms with Gasteiger partial charge in [-0.05, 0) is 60.7 Å². The van der Waals surface area contributed by atoms with E-state index in [9.17, 15) is 9.18 Å². The van der Waals surface area contributed by atoms with Crippen LogP contribution in [0.15, 0.2) is 95.6 Å². The van der Waals surface area contributed by atoms with E-state index in [1.165, 1.54) is 28.4 Å². The molecule has 0 atom stereocenters. The van der Waals surface area contributed by atoms with E-state index in [1.807, 2.05) is 30.3 Å². The summed E-state index contributed by atoms with van der Waals surface area (Å²) in [4.78, 5) is 19.6. The van der Waals surface area contributed by atoms with Crippen LogP contribution >= 0.6 is 11.3 Å². The summed E-state index contributed by atoms with van der Waals surface area (Å²) in [7, 11) is 0. The van der Waals surface area contributed by atoms with Crippen LogP contribution in [0.2, 0.25) is 0 Å². The Labute approximate surface area is 187 Å². The van der Waals surface area contributed by atoms with E-state index in [1.54, 1.807) is 48.7 Å². The number of fused-ring (bicyclic) bond motifs is 1. The lowest BCUT2D eigenvalue weighted by Crippen LogP contribution is -2.30. The molecule has 2 aromatic heterocycles. The molecule has 5 aromatic rings. The standard InChI is InChI=1S/C25H17FN2O3S/c26-18-11-12-22-23(15-18)32-25(27-22)28(16-21-10-5-13-30-21)24(29)17-6-4-9-20(14-17)31-19-7-2-1-3-8-19/h1-15H,16H2. The van der Waals surface area contributed by atoms with Crippen LogP contribution in [0.5, 0.6) is 11.5 Å². The Morgan fingerprint density at radius 1 is 0.969 bits per heavy atom. The summed E-state index contributed by atoms with van der Waals surface area (Å²) in [5.41, 5.74) is 1.07. The van der Waals surface area contributed by atoms with Crippen LogP contribution in [-0.2, 0) is 6.54 Å². The molecule has 0 aliphatic carbocycles. The number of para-hydroxylation sites is 1. The highest BCUT2D eigenvalue weighted by Gasteiger charge is 2.23. The number of thiazole rings is 1. The molecule has 0 saturated carbocycles. The van der Waals surface area contributed by atoms with Crippen molar-refractivity contribution in [3.05, 3.63) is 108 Å². The third kappa shape index (κ3) is 4.24. The Kier molecular flexibility index (Phi) is 5.39. The molecule has 0 saturated heterocycles. The highest BCUT2D eigenvalue weighted by Crippen LogP contribution is 2.32. The number of hydrogen-bond donors (Lipinski definition) is 0. The van der Waals surface area contributed by atoms with Crippen molar-refractivity contribution >= 4 is 32.6 Å².